The predicted octanol–water partition coefficient (Wildman–Crippen LogP) is 4.35. The first-order chi connectivity index (χ1) is 17.2. The molecule has 1 fully saturated rings. The van der Waals surface area contributed by atoms with Gasteiger partial charge in [-0.15, -0.1) is 0 Å². The first-order valence-electron chi connectivity index (χ1n) is 11.3. The Morgan fingerprint density at radius 2 is 1.97 bits per heavy atom. The molecule has 182 valence electrons. The molecule has 0 saturated heterocycles. The molecule has 1 aromatic heterocycles. The van der Waals surface area contributed by atoms with Crippen LogP contribution in [0, 0.1) is 17.1 Å². The van der Waals surface area contributed by atoms with Crippen LogP contribution in [0.4, 0.5) is 4.39 Å². The van der Waals surface area contributed by atoms with Gasteiger partial charge in [0.2, 0.25) is 0 Å². The van der Waals surface area contributed by atoms with E-state index in [0.29, 0.717) is 34.7 Å². The lowest BCUT2D eigenvalue weighted by molar-refractivity contribution is -0.139. The Labute approximate surface area is 211 Å². The molecule has 1 N–H and O–H groups in total. The molecule has 7 nitrogen and oxygen atoms in total. The van der Waals surface area contributed by atoms with Crippen molar-refractivity contribution < 1.29 is 23.8 Å². The summed E-state index contributed by atoms with van der Waals surface area (Å²) < 4.78 is 22.2. The summed E-state index contributed by atoms with van der Waals surface area (Å²) in [6.07, 6.45) is 2.43. The Kier molecular flexibility index (Phi) is 5.87. The number of nitriles is 1. The Morgan fingerprint density at radius 1 is 1.25 bits per heavy atom. The minimum atomic E-state index is -1.76. The number of nitrogens with zero attached hydrogens (tertiary/aromatic N) is 3. The molecular formula is C27H21ClFN3O4. The van der Waals surface area contributed by atoms with Gasteiger partial charge in [0.15, 0.2) is 11.5 Å². The summed E-state index contributed by atoms with van der Waals surface area (Å²) in [5.74, 6) is -1.73. The number of Topliss-reactive ketones (excluding diaryl/α,β-unsaturated/α-hetero) is 1. The van der Waals surface area contributed by atoms with Crippen molar-refractivity contribution >= 4 is 23.3 Å². The van der Waals surface area contributed by atoms with Crippen LogP contribution in [0.25, 0.3) is 0 Å². The van der Waals surface area contributed by atoms with Crippen LogP contribution in [0.3, 0.4) is 0 Å². The van der Waals surface area contributed by atoms with Gasteiger partial charge in [0, 0.05) is 22.3 Å². The van der Waals surface area contributed by atoms with Gasteiger partial charge in [0.1, 0.15) is 11.9 Å². The molecule has 5 rings (SSSR count). The van der Waals surface area contributed by atoms with Crippen molar-refractivity contribution in [3.05, 3.63) is 99.1 Å². The second kappa shape index (κ2) is 8.79. The number of benzene rings is 2. The van der Waals surface area contributed by atoms with Gasteiger partial charge in [-0.2, -0.15) is 5.26 Å². The second-order valence-corrected chi connectivity index (χ2v) is 9.58. The van der Waals surface area contributed by atoms with Crippen molar-refractivity contribution in [3.63, 3.8) is 0 Å². The minimum absolute atomic E-state index is 0.00779. The number of pyridine rings is 1. The van der Waals surface area contributed by atoms with Crippen LogP contribution >= 0.6 is 11.6 Å². The monoisotopic (exact) mass is 505 g/mol. The van der Waals surface area contributed by atoms with Gasteiger partial charge >= 0.3 is 0 Å². The molecule has 2 heterocycles. The Hall–Kier alpha value is -3.64. The zero-order chi connectivity index (χ0) is 25.7. The quantitative estimate of drug-likeness (QED) is 0.479. The van der Waals surface area contributed by atoms with Crippen molar-refractivity contribution in [3.8, 4) is 6.07 Å². The minimum Gasteiger partial charge on any atom is -0.387 e. The molecule has 1 aliphatic heterocycles. The van der Waals surface area contributed by atoms with Crippen LogP contribution in [0.2, 0.25) is 5.02 Å². The summed E-state index contributed by atoms with van der Waals surface area (Å²) in [7, 11) is 0. The van der Waals surface area contributed by atoms with Crippen LogP contribution in [-0.2, 0) is 17.0 Å². The van der Waals surface area contributed by atoms with Crippen LogP contribution in [0.5, 0.6) is 0 Å². The number of hydrogen-bond donors (Lipinski definition) is 1. The summed E-state index contributed by atoms with van der Waals surface area (Å²) in [4.78, 5) is 31.5. The normalized spacial score (nSPS) is 19.6. The number of rotatable bonds is 7. The SMILES string of the molecule is CC(=O)c1cc(F)c2c(c1)C(=O)N(Cc1ccc(C#N)cn1)C2(OCC1(O)CC1)c1ccc(Cl)cc1. The Balaban J connectivity index is 1.73. The molecule has 36 heavy (non-hydrogen) atoms. The number of hydrogen-bond acceptors (Lipinski definition) is 6. The highest BCUT2D eigenvalue weighted by Crippen LogP contribution is 2.49. The van der Waals surface area contributed by atoms with Gasteiger partial charge in [0.25, 0.3) is 5.91 Å². The fraction of sp³-hybridized carbons (Fsp3) is 0.259. The van der Waals surface area contributed by atoms with E-state index in [0.717, 1.165) is 6.07 Å². The van der Waals surface area contributed by atoms with Gasteiger partial charge < -0.3 is 9.84 Å². The van der Waals surface area contributed by atoms with Gasteiger partial charge in [-0.1, -0.05) is 23.7 Å². The number of aliphatic hydroxyl groups is 1. The topological polar surface area (TPSA) is 104 Å². The molecule has 0 bridgehead atoms. The third kappa shape index (κ3) is 4.05. The van der Waals surface area contributed by atoms with Crippen LogP contribution in [0.15, 0.2) is 54.7 Å². The Morgan fingerprint density at radius 3 is 2.56 bits per heavy atom. The number of fused-ring (bicyclic) bond motifs is 1. The van der Waals surface area contributed by atoms with Gasteiger partial charge in [-0.05, 0) is 56.2 Å². The van der Waals surface area contributed by atoms with Crippen molar-refractivity contribution in [2.75, 3.05) is 6.61 Å². The lowest BCUT2D eigenvalue weighted by Crippen LogP contribution is -2.48. The highest BCUT2D eigenvalue weighted by molar-refractivity contribution is 6.30. The van der Waals surface area contributed by atoms with Gasteiger partial charge in [0.05, 0.1) is 41.1 Å². The van der Waals surface area contributed by atoms with E-state index in [1.807, 2.05) is 6.07 Å². The highest BCUT2D eigenvalue weighted by atomic mass is 35.5. The maximum atomic E-state index is 15.8. The summed E-state index contributed by atoms with van der Waals surface area (Å²) in [5.41, 5.74) is -1.61. The summed E-state index contributed by atoms with van der Waals surface area (Å²) in [5, 5.41) is 20.1. The second-order valence-electron chi connectivity index (χ2n) is 9.14. The van der Waals surface area contributed by atoms with E-state index in [9.17, 15) is 14.7 Å². The number of carbonyl (C=O) groups excluding carboxylic acids is 2. The molecular weight excluding hydrogens is 485 g/mol. The van der Waals surface area contributed by atoms with Gasteiger partial charge in [-0.25, -0.2) is 4.39 Å². The van der Waals surface area contributed by atoms with Crippen molar-refractivity contribution in [1.82, 2.24) is 9.88 Å². The molecule has 0 spiro atoms. The van der Waals surface area contributed by atoms with E-state index < -0.39 is 23.1 Å². The number of ketones is 1. The smallest absolute Gasteiger partial charge is 0.257 e. The van der Waals surface area contributed by atoms with E-state index >= 15 is 4.39 Å². The molecule has 1 amide bonds. The number of carbonyl (C=O) groups is 2. The summed E-state index contributed by atoms with van der Waals surface area (Å²) in [6, 6.07) is 14.1. The zero-order valence-corrected chi connectivity index (χ0v) is 20.1. The molecule has 3 aromatic rings. The lowest BCUT2D eigenvalue weighted by Gasteiger charge is -2.40. The first-order valence-corrected chi connectivity index (χ1v) is 11.7. The van der Waals surface area contributed by atoms with E-state index in [-0.39, 0.29) is 35.6 Å². The molecule has 1 unspecified atom stereocenters. The van der Waals surface area contributed by atoms with Crippen LogP contribution in [-0.4, -0.2) is 38.9 Å². The van der Waals surface area contributed by atoms with Crippen molar-refractivity contribution in [2.45, 2.75) is 37.6 Å². The van der Waals surface area contributed by atoms with E-state index in [1.165, 1.54) is 24.1 Å². The average Bonchev–Trinajstić information content (AvgIpc) is 3.56. The molecule has 1 atom stereocenters. The fourth-order valence-corrected chi connectivity index (χ4v) is 4.54. The van der Waals surface area contributed by atoms with Crippen molar-refractivity contribution in [2.24, 2.45) is 0 Å². The maximum Gasteiger partial charge on any atom is 0.257 e. The number of halogens is 2. The lowest BCUT2D eigenvalue weighted by atomic mass is 9.91. The largest absolute Gasteiger partial charge is 0.387 e. The van der Waals surface area contributed by atoms with E-state index in [1.54, 1.807) is 36.4 Å². The number of amides is 1. The molecule has 9 heteroatoms. The predicted molar refractivity (Wildman–Crippen MR) is 128 cm³/mol. The molecule has 1 saturated carbocycles. The third-order valence-corrected chi connectivity index (χ3v) is 6.83. The van der Waals surface area contributed by atoms with E-state index in [2.05, 4.69) is 4.98 Å². The van der Waals surface area contributed by atoms with Crippen molar-refractivity contribution in [1.29, 1.82) is 5.26 Å². The first kappa shape index (κ1) is 24.1. The fourth-order valence-electron chi connectivity index (χ4n) is 4.41. The van der Waals surface area contributed by atoms with Crippen LogP contribution < -0.4 is 0 Å². The molecule has 2 aromatic carbocycles. The number of ether oxygens (including phenoxy) is 1. The summed E-state index contributed by atoms with van der Waals surface area (Å²) in [6.45, 7) is 1.06. The summed E-state index contributed by atoms with van der Waals surface area (Å²) >= 11 is 6.12. The standard InChI is InChI=1S/C27H21ClFN3O4/c1-16(33)18-10-22-24(23(29)11-18)27(36-15-26(35)8-9-26,19-3-5-20(28)6-4-19)32(25(22)34)14-21-7-2-17(12-30)13-31-21/h2-7,10-11,13,35H,8-9,14-15H2,1H3. The molecule has 2 aliphatic rings. The average molecular weight is 506 g/mol. The Bertz CT molecular complexity index is 1410. The van der Waals surface area contributed by atoms with Crippen LogP contribution in [0.1, 0.15) is 62.9 Å². The maximum absolute atomic E-state index is 15.8. The zero-order valence-electron chi connectivity index (χ0n) is 19.3. The molecule has 1 aliphatic carbocycles. The van der Waals surface area contributed by atoms with E-state index in [4.69, 9.17) is 21.6 Å². The molecule has 0 radical (unpaired) electrons. The third-order valence-electron chi connectivity index (χ3n) is 6.58. The highest BCUT2D eigenvalue weighted by Gasteiger charge is 2.56. The van der Waals surface area contributed by atoms with Gasteiger partial charge in [-0.3, -0.25) is 19.5 Å². The number of aromatic nitrogens is 1.